The monoisotopic (exact) mass is 389 g/mol. The highest BCUT2D eigenvalue weighted by Gasteiger charge is 2.15. The Morgan fingerprint density at radius 3 is 2.36 bits per heavy atom. The van der Waals surface area contributed by atoms with E-state index in [1.807, 2.05) is 42.7 Å². The van der Waals surface area contributed by atoms with Crippen molar-refractivity contribution in [3.05, 3.63) is 95.9 Å². The van der Waals surface area contributed by atoms with Crippen LogP contribution in [0.1, 0.15) is 15.9 Å². The number of nitrogens with zero attached hydrogens (tertiary/aromatic N) is 1. The summed E-state index contributed by atoms with van der Waals surface area (Å²) in [5.41, 5.74) is 1.96. The number of carbonyl (C=O) groups is 2. The van der Waals surface area contributed by atoms with Crippen molar-refractivity contribution in [1.82, 2.24) is 10.3 Å². The fourth-order valence-electron chi connectivity index (χ4n) is 2.44. The smallest absolute Gasteiger partial charge is 0.272 e. The maximum atomic E-state index is 12.8. The molecule has 0 saturated heterocycles. The van der Waals surface area contributed by atoms with E-state index >= 15 is 0 Å². The molecule has 140 valence electrons. The van der Waals surface area contributed by atoms with Gasteiger partial charge in [-0.15, -0.1) is 11.8 Å². The molecule has 0 saturated carbocycles. The van der Waals surface area contributed by atoms with Crippen molar-refractivity contribution >= 4 is 35.3 Å². The summed E-state index contributed by atoms with van der Waals surface area (Å²) < 4.78 is 0. The number of aromatic nitrogens is 1. The van der Waals surface area contributed by atoms with E-state index in [9.17, 15) is 9.59 Å². The Morgan fingerprint density at radius 1 is 0.964 bits per heavy atom. The van der Waals surface area contributed by atoms with Crippen molar-refractivity contribution in [3.63, 3.8) is 0 Å². The summed E-state index contributed by atoms with van der Waals surface area (Å²) in [4.78, 5) is 30.5. The van der Waals surface area contributed by atoms with E-state index in [-0.39, 0.29) is 11.6 Å². The van der Waals surface area contributed by atoms with Gasteiger partial charge in [0.1, 0.15) is 5.70 Å². The number of nitrogens with one attached hydrogen (secondary N) is 2. The van der Waals surface area contributed by atoms with Crippen LogP contribution in [0.5, 0.6) is 0 Å². The van der Waals surface area contributed by atoms with Gasteiger partial charge in [0.2, 0.25) is 0 Å². The van der Waals surface area contributed by atoms with Crippen LogP contribution in [0.2, 0.25) is 0 Å². The second-order valence-corrected chi connectivity index (χ2v) is 6.73. The minimum absolute atomic E-state index is 0.135. The fraction of sp³-hybridized carbons (Fsp3) is 0.0455. The van der Waals surface area contributed by atoms with Crippen LogP contribution in [0.4, 0.5) is 5.69 Å². The van der Waals surface area contributed by atoms with Gasteiger partial charge in [0.25, 0.3) is 11.8 Å². The first-order valence-corrected chi connectivity index (χ1v) is 9.82. The van der Waals surface area contributed by atoms with Crippen molar-refractivity contribution in [1.29, 1.82) is 0 Å². The lowest BCUT2D eigenvalue weighted by Gasteiger charge is -2.11. The van der Waals surface area contributed by atoms with Crippen LogP contribution in [0, 0.1) is 0 Å². The van der Waals surface area contributed by atoms with Gasteiger partial charge in [-0.2, -0.15) is 0 Å². The normalized spacial score (nSPS) is 11.0. The third kappa shape index (κ3) is 5.31. The highest BCUT2D eigenvalue weighted by atomic mass is 32.2. The molecule has 0 spiro atoms. The third-order valence-corrected chi connectivity index (χ3v) is 4.62. The molecule has 0 radical (unpaired) electrons. The molecule has 0 atom stereocenters. The molecule has 2 amide bonds. The van der Waals surface area contributed by atoms with Gasteiger partial charge >= 0.3 is 0 Å². The Labute approximate surface area is 167 Å². The molecule has 1 aromatic heterocycles. The number of carbonyl (C=O) groups excluding carboxylic acids is 2. The Hall–Kier alpha value is -3.38. The van der Waals surface area contributed by atoms with E-state index in [4.69, 9.17) is 0 Å². The first-order chi connectivity index (χ1) is 13.7. The summed E-state index contributed by atoms with van der Waals surface area (Å²) in [7, 11) is 0. The van der Waals surface area contributed by atoms with E-state index in [1.165, 1.54) is 0 Å². The molecule has 6 heteroatoms. The number of rotatable bonds is 6. The SMILES string of the molecule is CSc1ccc(NC(=O)/C(=C/c2cccnc2)NC(=O)c2ccccc2)cc1. The molecular weight excluding hydrogens is 370 g/mol. The molecule has 0 fully saturated rings. The van der Waals surface area contributed by atoms with Crippen molar-refractivity contribution in [3.8, 4) is 0 Å². The number of thioether (sulfide) groups is 1. The molecule has 0 unspecified atom stereocenters. The lowest BCUT2D eigenvalue weighted by molar-refractivity contribution is -0.113. The van der Waals surface area contributed by atoms with Gasteiger partial charge in [-0.3, -0.25) is 14.6 Å². The summed E-state index contributed by atoms with van der Waals surface area (Å²) in [5, 5.41) is 5.52. The number of benzene rings is 2. The van der Waals surface area contributed by atoms with Crippen LogP contribution < -0.4 is 10.6 Å². The number of pyridine rings is 1. The molecule has 0 aliphatic heterocycles. The van der Waals surface area contributed by atoms with E-state index in [2.05, 4.69) is 15.6 Å². The average molecular weight is 389 g/mol. The summed E-state index contributed by atoms with van der Waals surface area (Å²) >= 11 is 1.62. The molecule has 5 nitrogen and oxygen atoms in total. The fourth-order valence-corrected chi connectivity index (χ4v) is 2.85. The van der Waals surface area contributed by atoms with E-state index in [0.717, 1.165) is 4.90 Å². The lowest BCUT2D eigenvalue weighted by atomic mass is 10.2. The predicted octanol–water partition coefficient (Wildman–Crippen LogP) is 4.21. The average Bonchev–Trinajstić information content (AvgIpc) is 2.75. The molecule has 2 N–H and O–H groups in total. The van der Waals surface area contributed by atoms with Crippen LogP contribution in [0.15, 0.2) is 89.7 Å². The Bertz CT molecular complexity index is 972. The molecule has 1 heterocycles. The van der Waals surface area contributed by atoms with Gasteiger partial charge in [0.05, 0.1) is 0 Å². The minimum Gasteiger partial charge on any atom is -0.321 e. The summed E-state index contributed by atoms with van der Waals surface area (Å²) in [6.07, 6.45) is 6.85. The zero-order valence-electron chi connectivity index (χ0n) is 15.3. The Balaban J connectivity index is 1.83. The molecule has 28 heavy (non-hydrogen) atoms. The molecule has 3 rings (SSSR count). The minimum atomic E-state index is -0.412. The number of hydrogen-bond acceptors (Lipinski definition) is 4. The summed E-state index contributed by atoms with van der Waals surface area (Å²) in [6, 6.07) is 19.8. The molecular formula is C22H19N3O2S. The van der Waals surface area contributed by atoms with Crippen LogP contribution in [0.25, 0.3) is 6.08 Å². The van der Waals surface area contributed by atoms with Gasteiger partial charge in [0, 0.05) is 28.5 Å². The highest BCUT2D eigenvalue weighted by molar-refractivity contribution is 7.98. The van der Waals surface area contributed by atoms with Gasteiger partial charge < -0.3 is 10.6 Å². The van der Waals surface area contributed by atoms with Crippen LogP contribution in [0.3, 0.4) is 0 Å². The number of hydrogen-bond donors (Lipinski definition) is 2. The van der Waals surface area contributed by atoms with Gasteiger partial charge in [-0.05, 0) is 60.4 Å². The third-order valence-electron chi connectivity index (χ3n) is 3.87. The maximum Gasteiger partial charge on any atom is 0.272 e. The van der Waals surface area contributed by atoms with Crippen molar-refractivity contribution < 1.29 is 9.59 Å². The zero-order valence-corrected chi connectivity index (χ0v) is 16.1. The summed E-state index contributed by atoms with van der Waals surface area (Å²) in [6.45, 7) is 0. The first-order valence-electron chi connectivity index (χ1n) is 8.59. The van der Waals surface area contributed by atoms with Crippen molar-refractivity contribution in [2.24, 2.45) is 0 Å². The van der Waals surface area contributed by atoms with Gasteiger partial charge in [-0.1, -0.05) is 24.3 Å². The second-order valence-electron chi connectivity index (χ2n) is 5.85. The Kier molecular flexibility index (Phi) is 6.59. The number of anilines is 1. The lowest BCUT2D eigenvalue weighted by Crippen LogP contribution is -2.30. The van der Waals surface area contributed by atoms with Crippen molar-refractivity contribution in [2.45, 2.75) is 4.90 Å². The van der Waals surface area contributed by atoms with Crippen LogP contribution in [-0.2, 0) is 4.79 Å². The molecule has 0 bridgehead atoms. The first kappa shape index (κ1) is 19.4. The highest BCUT2D eigenvalue weighted by Crippen LogP contribution is 2.18. The molecule has 0 aliphatic rings. The summed E-state index contributed by atoms with van der Waals surface area (Å²) in [5.74, 6) is -0.770. The zero-order chi connectivity index (χ0) is 19.8. The van der Waals surface area contributed by atoms with Gasteiger partial charge in [-0.25, -0.2) is 0 Å². The predicted molar refractivity (Wildman–Crippen MR) is 113 cm³/mol. The second kappa shape index (κ2) is 9.53. The standard InChI is InChI=1S/C22H19N3O2S/c1-28-19-11-9-18(10-12-19)24-22(27)20(14-16-6-5-13-23-15-16)25-21(26)17-7-3-2-4-8-17/h2-15H,1H3,(H,24,27)(H,25,26)/b20-14-. The van der Waals surface area contributed by atoms with Crippen LogP contribution >= 0.6 is 11.8 Å². The number of amides is 2. The van der Waals surface area contributed by atoms with Crippen LogP contribution in [-0.4, -0.2) is 23.1 Å². The molecule has 3 aromatic rings. The Morgan fingerprint density at radius 2 is 1.71 bits per heavy atom. The van der Waals surface area contributed by atoms with E-state index < -0.39 is 5.91 Å². The topological polar surface area (TPSA) is 71.1 Å². The van der Waals surface area contributed by atoms with Gasteiger partial charge in [0.15, 0.2) is 0 Å². The molecule has 0 aliphatic carbocycles. The maximum absolute atomic E-state index is 12.8. The largest absolute Gasteiger partial charge is 0.321 e. The molecule has 2 aromatic carbocycles. The van der Waals surface area contributed by atoms with Crippen molar-refractivity contribution in [2.75, 3.05) is 11.6 Å². The van der Waals surface area contributed by atoms with E-state index in [1.54, 1.807) is 60.6 Å². The quantitative estimate of drug-likeness (QED) is 0.489. The van der Waals surface area contributed by atoms with E-state index in [0.29, 0.717) is 16.8 Å².